The molecule has 1 aliphatic rings. The summed E-state index contributed by atoms with van der Waals surface area (Å²) in [6, 6.07) is 14.8. The van der Waals surface area contributed by atoms with Gasteiger partial charge in [0.2, 0.25) is 11.8 Å². The van der Waals surface area contributed by atoms with Crippen LogP contribution in [0.4, 0.5) is 10.1 Å². The number of sulfonamides is 1. The van der Waals surface area contributed by atoms with Gasteiger partial charge in [0.15, 0.2) is 11.5 Å². The molecule has 1 heterocycles. The predicted molar refractivity (Wildman–Crippen MR) is 149 cm³/mol. The Balaban J connectivity index is 1.72. The molecule has 1 atom stereocenters. The number of halogens is 2. The second kappa shape index (κ2) is 12.6. The average Bonchev–Trinajstić information content (AvgIpc) is 2.94. The molecule has 0 saturated carbocycles. The molecular weight excluding hydrogens is 561 g/mol. The van der Waals surface area contributed by atoms with E-state index in [9.17, 15) is 22.4 Å². The third-order valence-electron chi connectivity index (χ3n) is 6.26. The van der Waals surface area contributed by atoms with E-state index in [1.54, 1.807) is 38.1 Å². The van der Waals surface area contributed by atoms with Crippen molar-refractivity contribution in [3.05, 3.63) is 83.1 Å². The normalized spacial score (nSPS) is 13.3. The second-order valence-corrected chi connectivity index (χ2v) is 11.3. The highest BCUT2D eigenvalue weighted by Gasteiger charge is 2.33. The van der Waals surface area contributed by atoms with Crippen LogP contribution in [0.15, 0.2) is 71.6 Å². The number of anilines is 1. The number of benzene rings is 3. The minimum atomic E-state index is -4.36. The molecule has 212 valence electrons. The summed E-state index contributed by atoms with van der Waals surface area (Å²) in [5.74, 6) is -0.965. The molecular formula is C28H29ClFN3O6S. The zero-order valence-electron chi connectivity index (χ0n) is 22.0. The Kier molecular flexibility index (Phi) is 9.16. The monoisotopic (exact) mass is 589 g/mol. The number of hydrogen-bond acceptors (Lipinski definition) is 6. The van der Waals surface area contributed by atoms with Crippen molar-refractivity contribution in [1.29, 1.82) is 0 Å². The first-order chi connectivity index (χ1) is 19.1. The van der Waals surface area contributed by atoms with Gasteiger partial charge in [-0.2, -0.15) is 0 Å². The van der Waals surface area contributed by atoms with E-state index in [4.69, 9.17) is 21.1 Å². The Morgan fingerprint density at radius 3 is 2.40 bits per heavy atom. The van der Waals surface area contributed by atoms with Crippen molar-refractivity contribution in [2.24, 2.45) is 0 Å². The number of nitrogens with zero attached hydrogens (tertiary/aromatic N) is 2. The van der Waals surface area contributed by atoms with Crippen molar-refractivity contribution in [3.8, 4) is 11.5 Å². The van der Waals surface area contributed by atoms with E-state index in [-0.39, 0.29) is 29.5 Å². The van der Waals surface area contributed by atoms with Gasteiger partial charge in [0.1, 0.15) is 31.6 Å². The van der Waals surface area contributed by atoms with Crippen LogP contribution in [0.5, 0.6) is 11.5 Å². The van der Waals surface area contributed by atoms with Gasteiger partial charge in [0.05, 0.1) is 10.6 Å². The predicted octanol–water partition coefficient (Wildman–Crippen LogP) is 4.00. The third kappa shape index (κ3) is 6.65. The van der Waals surface area contributed by atoms with Crippen LogP contribution >= 0.6 is 11.6 Å². The lowest BCUT2D eigenvalue weighted by Crippen LogP contribution is -2.51. The summed E-state index contributed by atoms with van der Waals surface area (Å²) in [4.78, 5) is 27.7. The lowest BCUT2D eigenvalue weighted by Gasteiger charge is -2.32. The highest BCUT2D eigenvalue weighted by atomic mass is 35.5. The van der Waals surface area contributed by atoms with E-state index in [0.717, 1.165) is 16.4 Å². The third-order valence-corrected chi connectivity index (χ3v) is 8.26. The van der Waals surface area contributed by atoms with Crippen molar-refractivity contribution in [3.63, 3.8) is 0 Å². The summed E-state index contributed by atoms with van der Waals surface area (Å²) in [7, 11) is -4.36. The maximum Gasteiger partial charge on any atom is 0.264 e. The van der Waals surface area contributed by atoms with Crippen molar-refractivity contribution < 1.29 is 31.9 Å². The summed E-state index contributed by atoms with van der Waals surface area (Å²) >= 11 is 6.13. The molecule has 3 aromatic rings. The molecule has 12 heteroatoms. The van der Waals surface area contributed by atoms with Crippen LogP contribution in [0.3, 0.4) is 0 Å². The van der Waals surface area contributed by atoms with E-state index in [1.165, 1.54) is 35.2 Å². The van der Waals surface area contributed by atoms with Crippen molar-refractivity contribution in [1.82, 2.24) is 10.2 Å². The fourth-order valence-corrected chi connectivity index (χ4v) is 5.83. The lowest BCUT2D eigenvalue weighted by atomic mass is 10.1. The molecule has 0 fully saturated rings. The van der Waals surface area contributed by atoms with Gasteiger partial charge in [-0.3, -0.25) is 13.9 Å². The number of amides is 2. The minimum absolute atomic E-state index is 0.000969. The second-order valence-electron chi connectivity index (χ2n) is 9.02. The maximum atomic E-state index is 13.9. The molecule has 2 amide bonds. The fraction of sp³-hybridized carbons (Fsp3) is 0.286. The Bertz CT molecular complexity index is 1490. The van der Waals surface area contributed by atoms with Crippen LogP contribution in [0.1, 0.15) is 19.4 Å². The topological polar surface area (TPSA) is 105 Å². The standard InChI is InChI=1S/C28H29ClFN3O6S/c1-3-31-28(35)19(2)32(17-20-5-4-6-21(29)15-20)27(34)18-33(23-9-7-22(30)8-10-23)40(36,37)24-11-12-25-26(16-24)39-14-13-38-25/h4-12,15-16,19H,3,13-14,17-18H2,1-2H3,(H,31,35)/t19-/m1/s1. The van der Waals surface area contributed by atoms with Gasteiger partial charge in [0.25, 0.3) is 10.0 Å². The van der Waals surface area contributed by atoms with E-state index in [0.29, 0.717) is 29.5 Å². The van der Waals surface area contributed by atoms with Gasteiger partial charge in [-0.05, 0) is 67.9 Å². The van der Waals surface area contributed by atoms with E-state index >= 15 is 0 Å². The fourth-order valence-electron chi connectivity index (χ4n) is 4.18. The Hall–Kier alpha value is -3.83. The van der Waals surface area contributed by atoms with Crippen molar-refractivity contribution in [2.45, 2.75) is 31.3 Å². The number of carbonyl (C=O) groups is 2. The number of nitrogens with one attached hydrogen (secondary N) is 1. The van der Waals surface area contributed by atoms with Gasteiger partial charge in [-0.15, -0.1) is 0 Å². The molecule has 0 unspecified atom stereocenters. The number of hydrogen-bond donors (Lipinski definition) is 1. The van der Waals surface area contributed by atoms with Crippen LogP contribution in [0.25, 0.3) is 0 Å². The van der Waals surface area contributed by atoms with Gasteiger partial charge in [-0.25, -0.2) is 12.8 Å². The van der Waals surface area contributed by atoms with Crippen LogP contribution < -0.4 is 19.1 Å². The van der Waals surface area contributed by atoms with Crippen molar-refractivity contribution in [2.75, 3.05) is 30.6 Å². The Morgan fingerprint density at radius 2 is 1.73 bits per heavy atom. The summed E-state index contributed by atoms with van der Waals surface area (Å²) in [6.07, 6.45) is 0. The smallest absolute Gasteiger partial charge is 0.264 e. The van der Waals surface area contributed by atoms with Gasteiger partial charge >= 0.3 is 0 Å². The molecule has 0 bridgehead atoms. The van der Waals surface area contributed by atoms with E-state index in [2.05, 4.69) is 5.32 Å². The summed E-state index contributed by atoms with van der Waals surface area (Å²) in [6.45, 7) is 3.59. The number of likely N-dealkylation sites (N-methyl/N-ethyl adjacent to an activating group) is 1. The number of rotatable bonds is 10. The molecule has 4 rings (SSSR count). The molecule has 9 nitrogen and oxygen atoms in total. The maximum absolute atomic E-state index is 13.9. The molecule has 3 aromatic carbocycles. The SMILES string of the molecule is CCNC(=O)[C@@H](C)N(Cc1cccc(Cl)c1)C(=O)CN(c1ccc(F)cc1)S(=O)(=O)c1ccc2c(c1)OCCO2. The largest absolute Gasteiger partial charge is 0.486 e. The minimum Gasteiger partial charge on any atom is -0.486 e. The zero-order chi connectivity index (χ0) is 28.9. The average molecular weight is 590 g/mol. The first kappa shape index (κ1) is 29.2. The highest BCUT2D eigenvalue weighted by molar-refractivity contribution is 7.92. The summed E-state index contributed by atoms with van der Waals surface area (Å²) in [5, 5.41) is 3.14. The number of carbonyl (C=O) groups excluding carboxylic acids is 2. The van der Waals surface area contributed by atoms with Gasteiger partial charge < -0.3 is 19.7 Å². The first-order valence-corrected chi connectivity index (χ1v) is 14.4. The van der Waals surface area contributed by atoms with E-state index in [1.807, 2.05) is 0 Å². The lowest BCUT2D eigenvalue weighted by molar-refractivity contribution is -0.139. The molecule has 1 aliphatic heterocycles. The van der Waals surface area contributed by atoms with Gasteiger partial charge in [-0.1, -0.05) is 23.7 Å². The quantitative estimate of drug-likeness (QED) is 0.383. The van der Waals surface area contributed by atoms with Crippen LogP contribution in [0.2, 0.25) is 5.02 Å². The van der Waals surface area contributed by atoms with Crippen molar-refractivity contribution >= 4 is 39.1 Å². The molecule has 40 heavy (non-hydrogen) atoms. The zero-order valence-corrected chi connectivity index (χ0v) is 23.5. The molecule has 0 aromatic heterocycles. The van der Waals surface area contributed by atoms with E-state index < -0.39 is 40.2 Å². The Morgan fingerprint density at radius 1 is 1.02 bits per heavy atom. The van der Waals surface area contributed by atoms with Gasteiger partial charge in [0, 0.05) is 24.2 Å². The molecule has 0 saturated heterocycles. The Labute approximate surface area is 237 Å². The number of ether oxygens (including phenoxy) is 2. The molecule has 0 radical (unpaired) electrons. The molecule has 0 aliphatic carbocycles. The molecule has 0 spiro atoms. The summed E-state index contributed by atoms with van der Waals surface area (Å²) in [5.41, 5.74) is 0.720. The first-order valence-electron chi connectivity index (χ1n) is 12.6. The summed E-state index contributed by atoms with van der Waals surface area (Å²) < 4.78 is 53.6. The van der Waals surface area contributed by atoms with Crippen LogP contribution in [-0.4, -0.2) is 57.5 Å². The highest BCUT2D eigenvalue weighted by Crippen LogP contribution is 2.34. The number of fused-ring (bicyclic) bond motifs is 1. The van der Waals surface area contributed by atoms with Crippen LogP contribution in [0, 0.1) is 5.82 Å². The molecule has 1 N–H and O–H groups in total. The van der Waals surface area contributed by atoms with Crippen LogP contribution in [-0.2, 0) is 26.2 Å².